The molecule has 0 bridgehead atoms. The third-order valence-corrected chi connectivity index (χ3v) is 3.51. The number of nitrogens with one attached hydrogen (secondary N) is 1. The highest BCUT2D eigenvalue weighted by Crippen LogP contribution is 2.19. The lowest BCUT2D eigenvalue weighted by atomic mass is 10.0. The number of hydrogen-bond acceptors (Lipinski definition) is 2. The van der Waals surface area contributed by atoms with Crippen molar-refractivity contribution in [2.45, 2.75) is 33.6 Å². The van der Waals surface area contributed by atoms with Crippen molar-refractivity contribution in [3.8, 4) is 5.69 Å². The molecule has 112 valence electrons. The lowest BCUT2D eigenvalue weighted by Gasteiger charge is -2.14. The minimum absolute atomic E-state index is 0.0109. The standard InChI is InChI=1S/C16H20FN3O/c1-4-12(5-2)16(21)18-15-10-11(3)19-20(15)14-8-6-13(17)7-9-14/h6-10,12H,4-5H2,1-3H3,(H,18,21). The number of aryl methyl sites for hydroxylation is 1. The highest BCUT2D eigenvalue weighted by Gasteiger charge is 2.17. The van der Waals surface area contributed by atoms with Gasteiger partial charge in [0.25, 0.3) is 0 Å². The maximum atomic E-state index is 13.0. The van der Waals surface area contributed by atoms with Crippen LogP contribution < -0.4 is 5.32 Å². The van der Waals surface area contributed by atoms with Crippen LogP contribution in [0.25, 0.3) is 5.69 Å². The molecule has 21 heavy (non-hydrogen) atoms. The second-order valence-corrected chi connectivity index (χ2v) is 5.06. The van der Waals surface area contributed by atoms with E-state index in [1.54, 1.807) is 16.8 Å². The Kier molecular flexibility index (Phi) is 4.73. The zero-order valence-corrected chi connectivity index (χ0v) is 12.6. The molecule has 0 aliphatic carbocycles. The van der Waals surface area contributed by atoms with Crippen LogP contribution in [0.5, 0.6) is 0 Å². The first kappa shape index (κ1) is 15.2. The van der Waals surface area contributed by atoms with Crippen LogP contribution in [0.15, 0.2) is 30.3 Å². The van der Waals surface area contributed by atoms with E-state index in [2.05, 4.69) is 10.4 Å². The van der Waals surface area contributed by atoms with E-state index in [4.69, 9.17) is 0 Å². The molecule has 0 fully saturated rings. The van der Waals surface area contributed by atoms with Gasteiger partial charge >= 0.3 is 0 Å². The van der Waals surface area contributed by atoms with Crippen LogP contribution in [-0.4, -0.2) is 15.7 Å². The van der Waals surface area contributed by atoms with Gasteiger partial charge in [-0.1, -0.05) is 13.8 Å². The van der Waals surface area contributed by atoms with Crippen LogP contribution in [-0.2, 0) is 4.79 Å². The number of halogens is 1. The van der Waals surface area contributed by atoms with Gasteiger partial charge in [-0.15, -0.1) is 0 Å². The Morgan fingerprint density at radius 2 is 1.90 bits per heavy atom. The second-order valence-electron chi connectivity index (χ2n) is 5.06. The fraction of sp³-hybridized carbons (Fsp3) is 0.375. The van der Waals surface area contributed by atoms with Gasteiger partial charge in [-0.3, -0.25) is 4.79 Å². The highest BCUT2D eigenvalue weighted by molar-refractivity contribution is 5.92. The van der Waals surface area contributed by atoms with Gasteiger partial charge in [0.1, 0.15) is 11.6 Å². The number of amides is 1. The maximum absolute atomic E-state index is 13.0. The van der Waals surface area contributed by atoms with Crippen molar-refractivity contribution in [2.24, 2.45) is 5.92 Å². The molecule has 0 spiro atoms. The third-order valence-electron chi connectivity index (χ3n) is 3.51. The smallest absolute Gasteiger partial charge is 0.228 e. The lowest BCUT2D eigenvalue weighted by Crippen LogP contribution is -2.23. The average Bonchev–Trinajstić information content (AvgIpc) is 2.81. The van der Waals surface area contributed by atoms with Crippen LogP contribution in [0.3, 0.4) is 0 Å². The Balaban J connectivity index is 2.29. The average molecular weight is 289 g/mol. The Hall–Kier alpha value is -2.17. The van der Waals surface area contributed by atoms with E-state index in [1.165, 1.54) is 12.1 Å². The number of carbonyl (C=O) groups excluding carboxylic acids is 1. The van der Waals surface area contributed by atoms with Crippen LogP contribution in [0.1, 0.15) is 32.4 Å². The molecule has 5 heteroatoms. The molecule has 0 saturated heterocycles. The maximum Gasteiger partial charge on any atom is 0.228 e. The summed E-state index contributed by atoms with van der Waals surface area (Å²) in [7, 11) is 0. The van der Waals surface area contributed by atoms with E-state index >= 15 is 0 Å². The van der Waals surface area contributed by atoms with E-state index in [0.717, 1.165) is 18.5 Å². The van der Waals surface area contributed by atoms with Crippen molar-refractivity contribution in [3.63, 3.8) is 0 Å². The van der Waals surface area contributed by atoms with Crippen LogP contribution in [0.2, 0.25) is 0 Å². The third kappa shape index (κ3) is 3.48. The van der Waals surface area contributed by atoms with Gasteiger partial charge < -0.3 is 5.32 Å². The number of carbonyl (C=O) groups is 1. The van der Waals surface area contributed by atoms with Crippen molar-refractivity contribution in [1.29, 1.82) is 0 Å². The van der Waals surface area contributed by atoms with Crippen LogP contribution >= 0.6 is 0 Å². The zero-order chi connectivity index (χ0) is 15.4. The summed E-state index contributed by atoms with van der Waals surface area (Å²) in [4.78, 5) is 12.2. The molecular weight excluding hydrogens is 269 g/mol. The molecule has 0 radical (unpaired) electrons. The summed E-state index contributed by atoms with van der Waals surface area (Å²) >= 11 is 0. The first-order valence-electron chi connectivity index (χ1n) is 7.18. The van der Waals surface area contributed by atoms with Gasteiger partial charge in [-0.2, -0.15) is 5.10 Å². The van der Waals surface area contributed by atoms with Gasteiger partial charge in [-0.25, -0.2) is 9.07 Å². The number of nitrogens with zero attached hydrogens (tertiary/aromatic N) is 2. The van der Waals surface area contributed by atoms with Gasteiger partial charge in [0.05, 0.1) is 11.4 Å². The number of aromatic nitrogens is 2. The number of hydrogen-bond donors (Lipinski definition) is 1. The summed E-state index contributed by atoms with van der Waals surface area (Å²) < 4.78 is 14.6. The largest absolute Gasteiger partial charge is 0.310 e. The minimum atomic E-state index is -0.301. The molecule has 2 rings (SSSR count). The van der Waals surface area contributed by atoms with Crippen molar-refractivity contribution < 1.29 is 9.18 Å². The number of benzene rings is 1. The number of rotatable bonds is 5. The monoisotopic (exact) mass is 289 g/mol. The summed E-state index contributed by atoms with van der Waals surface area (Å²) in [5.74, 6) is 0.284. The topological polar surface area (TPSA) is 46.9 Å². The molecule has 1 aromatic carbocycles. The van der Waals surface area contributed by atoms with Gasteiger partial charge in [0.15, 0.2) is 0 Å². The van der Waals surface area contributed by atoms with Crippen molar-refractivity contribution in [2.75, 3.05) is 5.32 Å². The Bertz CT molecular complexity index is 615. The molecule has 0 aliphatic rings. The summed E-state index contributed by atoms with van der Waals surface area (Å²) in [6, 6.07) is 7.82. The fourth-order valence-electron chi connectivity index (χ4n) is 2.26. The predicted octanol–water partition coefficient (Wildman–Crippen LogP) is 3.69. The SMILES string of the molecule is CCC(CC)C(=O)Nc1cc(C)nn1-c1ccc(F)cc1. The van der Waals surface area contributed by atoms with Crippen molar-refractivity contribution >= 4 is 11.7 Å². The first-order valence-corrected chi connectivity index (χ1v) is 7.18. The van der Waals surface area contributed by atoms with Crippen LogP contribution in [0, 0.1) is 18.7 Å². The first-order chi connectivity index (χ1) is 10.0. The molecule has 0 unspecified atom stereocenters. The van der Waals surface area contributed by atoms with Gasteiger partial charge in [0.2, 0.25) is 5.91 Å². The van der Waals surface area contributed by atoms with Gasteiger partial charge in [-0.05, 0) is 44.0 Å². The molecule has 1 aromatic heterocycles. The molecule has 0 atom stereocenters. The second kappa shape index (κ2) is 6.52. The molecule has 0 aliphatic heterocycles. The molecule has 1 amide bonds. The molecule has 1 N–H and O–H groups in total. The lowest BCUT2D eigenvalue weighted by molar-refractivity contribution is -0.120. The van der Waals surface area contributed by atoms with E-state index in [0.29, 0.717) is 11.5 Å². The van der Waals surface area contributed by atoms with Gasteiger partial charge in [0, 0.05) is 12.0 Å². The fourth-order valence-corrected chi connectivity index (χ4v) is 2.26. The normalized spacial score (nSPS) is 10.9. The van der Waals surface area contributed by atoms with Crippen molar-refractivity contribution in [1.82, 2.24) is 9.78 Å². The summed E-state index contributed by atoms with van der Waals surface area (Å²) in [5.41, 5.74) is 1.50. The minimum Gasteiger partial charge on any atom is -0.310 e. The molecule has 0 saturated carbocycles. The Morgan fingerprint density at radius 3 is 2.48 bits per heavy atom. The van der Waals surface area contributed by atoms with E-state index in [9.17, 15) is 9.18 Å². The predicted molar refractivity (Wildman–Crippen MR) is 81.0 cm³/mol. The summed E-state index contributed by atoms with van der Waals surface area (Å²) in [5, 5.41) is 7.27. The van der Waals surface area contributed by atoms with Crippen LogP contribution in [0.4, 0.5) is 10.2 Å². The number of anilines is 1. The van der Waals surface area contributed by atoms with E-state index < -0.39 is 0 Å². The highest BCUT2D eigenvalue weighted by atomic mass is 19.1. The summed E-state index contributed by atoms with van der Waals surface area (Å²) in [6.45, 7) is 5.85. The van der Waals surface area contributed by atoms with Crippen molar-refractivity contribution in [3.05, 3.63) is 41.8 Å². The Morgan fingerprint density at radius 1 is 1.29 bits per heavy atom. The molecule has 4 nitrogen and oxygen atoms in total. The molecule has 1 heterocycles. The molecule has 2 aromatic rings. The quantitative estimate of drug-likeness (QED) is 0.912. The summed E-state index contributed by atoms with van der Waals surface area (Å²) in [6.07, 6.45) is 1.60. The Labute approximate surface area is 124 Å². The van der Waals surface area contributed by atoms with E-state index in [1.807, 2.05) is 26.8 Å². The van der Waals surface area contributed by atoms with E-state index in [-0.39, 0.29) is 17.6 Å². The molecular formula is C16H20FN3O. The zero-order valence-electron chi connectivity index (χ0n) is 12.6.